The van der Waals surface area contributed by atoms with Crippen LogP contribution in [0.1, 0.15) is 41.5 Å². The van der Waals surface area contributed by atoms with E-state index in [4.69, 9.17) is 4.74 Å². The van der Waals surface area contributed by atoms with Gasteiger partial charge in [0.25, 0.3) is 0 Å². The maximum absolute atomic E-state index is 11.5. The van der Waals surface area contributed by atoms with E-state index in [9.17, 15) is 9.90 Å². The number of hydrogen-bond donors (Lipinski definition) is 1. The number of carbonyl (C=O) groups is 1. The van der Waals surface area contributed by atoms with Crippen LogP contribution in [0.5, 0.6) is 0 Å². The lowest BCUT2D eigenvalue weighted by molar-refractivity contribution is -0.146. The Morgan fingerprint density at radius 1 is 1.35 bits per heavy atom. The molecule has 0 aliphatic heterocycles. The Hall–Kier alpha value is -0.610. The molecule has 0 amide bonds. The maximum Gasteiger partial charge on any atom is 0.320 e. The van der Waals surface area contributed by atoms with Crippen molar-refractivity contribution in [1.82, 2.24) is 4.90 Å². The zero-order chi connectivity index (χ0) is 13.6. The second-order valence-electron chi connectivity index (χ2n) is 5.32. The van der Waals surface area contributed by atoms with Crippen molar-refractivity contribution in [3.63, 3.8) is 0 Å². The molecule has 0 aliphatic rings. The number of aliphatic hydroxyl groups is 1. The highest BCUT2D eigenvalue weighted by Gasteiger charge is 2.29. The molecule has 1 N–H and O–H groups in total. The predicted molar refractivity (Wildman–Crippen MR) is 68.8 cm³/mol. The fourth-order valence-electron chi connectivity index (χ4n) is 1.39. The van der Waals surface area contributed by atoms with E-state index >= 15 is 0 Å². The zero-order valence-electron chi connectivity index (χ0n) is 12.0. The van der Waals surface area contributed by atoms with Gasteiger partial charge in [-0.05, 0) is 33.6 Å². The number of nitrogens with zero attached hydrogens (tertiary/aromatic N) is 1. The van der Waals surface area contributed by atoms with Crippen molar-refractivity contribution in [3.8, 4) is 0 Å². The number of carbonyl (C=O) groups excluding carboxylic acids is 1. The molecular formula is C13H27NO3. The van der Waals surface area contributed by atoms with Crippen molar-refractivity contribution in [2.75, 3.05) is 19.7 Å². The molecule has 0 radical (unpaired) electrons. The number of hydrogen-bond acceptors (Lipinski definition) is 4. The molecule has 0 aromatic heterocycles. The second kappa shape index (κ2) is 6.97. The molecule has 0 bridgehead atoms. The topological polar surface area (TPSA) is 49.8 Å². The molecule has 1 unspecified atom stereocenters. The van der Waals surface area contributed by atoms with Crippen LogP contribution >= 0.6 is 0 Å². The number of rotatable bonds is 7. The summed E-state index contributed by atoms with van der Waals surface area (Å²) >= 11 is 0. The average Bonchev–Trinajstić information content (AvgIpc) is 2.16. The van der Waals surface area contributed by atoms with Crippen molar-refractivity contribution >= 4 is 5.97 Å². The van der Waals surface area contributed by atoms with Crippen LogP contribution in [0.2, 0.25) is 0 Å². The lowest BCUT2D eigenvalue weighted by Gasteiger charge is -2.36. The van der Waals surface area contributed by atoms with E-state index in [0.29, 0.717) is 13.2 Å². The Morgan fingerprint density at radius 3 is 2.24 bits per heavy atom. The predicted octanol–water partition coefficient (Wildman–Crippen LogP) is 1.67. The Kier molecular flexibility index (Phi) is 6.72. The maximum atomic E-state index is 11.5. The SMILES string of the molecule is CCOC(=O)CN(CC(C)(O)C(C)C)C(C)C. The summed E-state index contributed by atoms with van der Waals surface area (Å²) in [6.07, 6.45) is 0. The molecule has 0 spiro atoms. The third-order valence-corrected chi connectivity index (χ3v) is 3.13. The number of ether oxygens (including phenoxy) is 1. The average molecular weight is 245 g/mol. The first-order valence-corrected chi connectivity index (χ1v) is 6.32. The third kappa shape index (κ3) is 6.03. The summed E-state index contributed by atoms with van der Waals surface area (Å²) < 4.78 is 4.94. The molecule has 0 saturated carbocycles. The van der Waals surface area contributed by atoms with Gasteiger partial charge in [0.15, 0.2) is 0 Å². The molecule has 0 saturated heterocycles. The van der Waals surface area contributed by atoms with Gasteiger partial charge in [-0.1, -0.05) is 13.8 Å². The van der Waals surface area contributed by atoms with Crippen LogP contribution in [-0.2, 0) is 9.53 Å². The summed E-state index contributed by atoms with van der Waals surface area (Å²) in [4.78, 5) is 13.4. The van der Waals surface area contributed by atoms with Crippen molar-refractivity contribution in [1.29, 1.82) is 0 Å². The summed E-state index contributed by atoms with van der Waals surface area (Å²) in [5.41, 5.74) is -0.795. The van der Waals surface area contributed by atoms with Crippen LogP contribution in [0.4, 0.5) is 0 Å². The van der Waals surface area contributed by atoms with Crippen LogP contribution in [-0.4, -0.2) is 47.3 Å². The van der Waals surface area contributed by atoms with E-state index < -0.39 is 5.60 Å². The van der Waals surface area contributed by atoms with Gasteiger partial charge in [0.2, 0.25) is 0 Å². The fourth-order valence-corrected chi connectivity index (χ4v) is 1.39. The molecule has 0 fully saturated rings. The first-order valence-electron chi connectivity index (χ1n) is 6.32. The molecule has 0 heterocycles. The Morgan fingerprint density at radius 2 is 1.88 bits per heavy atom. The van der Waals surface area contributed by atoms with E-state index in [2.05, 4.69) is 0 Å². The lowest BCUT2D eigenvalue weighted by atomic mass is 9.91. The van der Waals surface area contributed by atoms with Gasteiger partial charge in [-0.25, -0.2) is 0 Å². The van der Waals surface area contributed by atoms with Gasteiger partial charge in [0.1, 0.15) is 0 Å². The van der Waals surface area contributed by atoms with Crippen LogP contribution in [0.25, 0.3) is 0 Å². The van der Waals surface area contributed by atoms with Crippen LogP contribution < -0.4 is 0 Å². The summed E-state index contributed by atoms with van der Waals surface area (Å²) in [7, 11) is 0. The zero-order valence-corrected chi connectivity index (χ0v) is 12.0. The molecular weight excluding hydrogens is 218 g/mol. The van der Waals surface area contributed by atoms with Gasteiger partial charge in [0.05, 0.1) is 18.8 Å². The van der Waals surface area contributed by atoms with Gasteiger partial charge < -0.3 is 9.84 Å². The van der Waals surface area contributed by atoms with Gasteiger partial charge in [0, 0.05) is 12.6 Å². The summed E-state index contributed by atoms with van der Waals surface area (Å²) in [6.45, 7) is 12.7. The van der Waals surface area contributed by atoms with Gasteiger partial charge in [-0.2, -0.15) is 0 Å². The van der Waals surface area contributed by atoms with E-state index in [1.165, 1.54) is 0 Å². The quantitative estimate of drug-likeness (QED) is 0.693. The van der Waals surface area contributed by atoms with E-state index in [0.717, 1.165) is 0 Å². The largest absolute Gasteiger partial charge is 0.465 e. The molecule has 0 rings (SSSR count). The highest BCUT2D eigenvalue weighted by molar-refractivity contribution is 5.71. The van der Waals surface area contributed by atoms with Gasteiger partial charge >= 0.3 is 5.97 Å². The molecule has 17 heavy (non-hydrogen) atoms. The molecule has 0 aromatic carbocycles. The molecule has 0 aliphatic carbocycles. The van der Waals surface area contributed by atoms with Crippen LogP contribution in [0.3, 0.4) is 0 Å². The van der Waals surface area contributed by atoms with Crippen LogP contribution in [0, 0.1) is 5.92 Å². The van der Waals surface area contributed by atoms with Crippen molar-refractivity contribution < 1.29 is 14.6 Å². The van der Waals surface area contributed by atoms with Crippen molar-refractivity contribution in [2.45, 2.75) is 53.2 Å². The Bertz CT molecular complexity index is 237. The smallest absolute Gasteiger partial charge is 0.320 e. The Balaban J connectivity index is 4.50. The van der Waals surface area contributed by atoms with Gasteiger partial charge in [-0.3, -0.25) is 9.69 Å². The summed E-state index contributed by atoms with van der Waals surface area (Å²) in [5.74, 6) is -0.0910. The molecule has 4 heteroatoms. The molecule has 0 aromatic rings. The minimum absolute atomic E-state index is 0.144. The second-order valence-corrected chi connectivity index (χ2v) is 5.32. The van der Waals surface area contributed by atoms with Crippen molar-refractivity contribution in [2.24, 2.45) is 5.92 Å². The van der Waals surface area contributed by atoms with Crippen molar-refractivity contribution in [3.05, 3.63) is 0 Å². The minimum atomic E-state index is -0.795. The van der Waals surface area contributed by atoms with Gasteiger partial charge in [-0.15, -0.1) is 0 Å². The Labute approximate surface area is 105 Å². The number of esters is 1. The molecule has 102 valence electrons. The highest BCUT2D eigenvalue weighted by atomic mass is 16.5. The normalized spacial score (nSPS) is 15.4. The fraction of sp³-hybridized carbons (Fsp3) is 0.923. The summed E-state index contributed by atoms with van der Waals surface area (Å²) in [6, 6.07) is 0.199. The monoisotopic (exact) mass is 245 g/mol. The third-order valence-electron chi connectivity index (χ3n) is 3.13. The lowest BCUT2D eigenvalue weighted by Crippen LogP contribution is -2.49. The molecule has 4 nitrogen and oxygen atoms in total. The highest BCUT2D eigenvalue weighted by Crippen LogP contribution is 2.18. The van der Waals surface area contributed by atoms with Crippen LogP contribution in [0.15, 0.2) is 0 Å². The standard InChI is InChI=1S/C13H27NO3/c1-7-17-12(15)8-14(11(4)5)9-13(6,16)10(2)3/h10-11,16H,7-9H2,1-6H3. The molecule has 1 atom stereocenters. The van der Waals surface area contributed by atoms with E-state index in [1.807, 2.05) is 32.6 Å². The minimum Gasteiger partial charge on any atom is -0.465 e. The van der Waals surface area contributed by atoms with E-state index in [1.54, 1.807) is 13.8 Å². The summed E-state index contributed by atoms with van der Waals surface area (Å²) in [5, 5.41) is 10.3. The first kappa shape index (κ1) is 16.4. The first-order chi connectivity index (χ1) is 7.70. The van der Waals surface area contributed by atoms with E-state index in [-0.39, 0.29) is 24.5 Å².